The van der Waals surface area contributed by atoms with Crippen LogP contribution in [0.15, 0.2) is 48.5 Å². The maximum atomic E-state index is 10.6. The first-order valence-electron chi connectivity index (χ1n) is 8.37. The van der Waals surface area contributed by atoms with Crippen LogP contribution in [0.5, 0.6) is 17.2 Å². The normalized spacial score (nSPS) is 16.7. The first kappa shape index (κ1) is 18.0. The molecular formula is C18H21N2O6+. The number of quaternary nitrogens is 1. The molecule has 2 aromatic rings. The smallest absolute Gasteiger partial charge is 0.269 e. The van der Waals surface area contributed by atoms with Crippen molar-refractivity contribution in [2.75, 3.05) is 26.3 Å². The lowest BCUT2D eigenvalue weighted by Crippen LogP contribution is -2.89. The molecule has 8 nitrogen and oxygen atoms in total. The number of nitro benzene ring substituents is 1. The maximum absolute atomic E-state index is 10.6. The molecule has 0 bridgehead atoms. The molecule has 1 aliphatic heterocycles. The first-order valence-corrected chi connectivity index (χ1v) is 8.37. The Hall–Kier alpha value is -2.84. The summed E-state index contributed by atoms with van der Waals surface area (Å²) in [5.41, 5.74) is 0.00232. The molecule has 2 aromatic carbocycles. The van der Waals surface area contributed by atoms with E-state index >= 15 is 0 Å². The summed E-state index contributed by atoms with van der Waals surface area (Å²) < 4.78 is 16.9. The third-order valence-electron chi connectivity index (χ3n) is 3.93. The molecule has 3 N–H and O–H groups in total. The van der Waals surface area contributed by atoms with Crippen molar-refractivity contribution < 1.29 is 29.6 Å². The molecule has 8 heteroatoms. The van der Waals surface area contributed by atoms with Crippen LogP contribution in [0.25, 0.3) is 0 Å². The summed E-state index contributed by atoms with van der Waals surface area (Å²) in [5.74, 6) is 1.97. The molecule has 1 aliphatic rings. The molecule has 0 unspecified atom stereocenters. The summed E-state index contributed by atoms with van der Waals surface area (Å²) in [6.07, 6.45) is -0.741. The highest BCUT2D eigenvalue weighted by atomic mass is 16.6. The number of nitrogens with two attached hydrogens (primary N) is 1. The maximum Gasteiger partial charge on any atom is 0.269 e. The summed E-state index contributed by atoms with van der Waals surface area (Å²) >= 11 is 0. The zero-order valence-electron chi connectivity index (χ0n) is 14.1. The van der Waals surface area contributed by atoms with Crippen LogP contribution < -0.4 is 19.5 Å². The van der Waals surface area contributed by atoms with E-state index in [2.05, 4.69) is 0 Å². The van der Waals surface area contributed by atoms with Crippen molar-refractivity contribution in [2.45, 2.75) is 12.2 Å². The number of non-ortho nitro benzene ring substituents is 1. The molecule has 2 atom stereocenters. The second-order valence-electron chi connectivity index (χ2n) is 5.97. The predicted molar refractivity (Wildman–Crippen MR) is 92.6 cm³/mol. The minimum atomic E-state index is -0.665. The van der Waals surface area contributed by atoms with E-state index in [0.29, 0.717) is 25.4 Å². The largest absolute Gasteiger partial charge is 0.491 e. The Morgan fingerprint density at radius 2 is 1.96 bits per heavy atom. The molecule has 0 aliphatic carbocycles. The zero-order valence-corrected chi connectivity index (χ0v) is 14.1. The van der Waals surface area contributed by atoms with Crippen LogP contribution in [0.3, 0.4) is 0 Å². The van der Waals surface area contributed by atoms with Gasteiger partial charge >= 0.3 is 0 Å². The second-order valence-corrected chi connectivity index (χ2v) is 5.97. The molecule has 0 spiro atoms. The monoisotopic (exact) mass is 361 g/mol. The number of hydrogen-bond acceptors (Lipinski definition) is 6. The molecule has 0 amide bonds. The van der Waals surface area contributed by atoms with E-state index in [1.165, 1.54) is 24.3 Å². The predicted octanol–water partition coefficient (Wildman–Crippen LogP) is 0.738. The van der Waals surface area contributed by atoms with Crippen molar-refractivity contribution >= 4 is 5.69 Å². The summed E-state index contributed by atoms with van der Waals surface area (Å²) in [7, 11) is 0. The fourth-order valence-electron chi connectivity index (χ4n) is 2.58. The van der Waals surface area contributed by atoms with Gasteiger partial charge in [-0.25, -0.2) is 0 Å². The van der Waals surface area contributed by atoms with Gasteiger partial charge in [0.25, 0.3) is 5.69 Å². The van der Waals surface area contributed by atoms with Gasteiger partial charge in [0, 0.05) is 12.1 Å². The van der Waals surface area contributed by atoms with Crippen molar-refractivity contribution in [1.82, 2.24) is 0 Å². The van der Waals surface area contributed by atoms with Gasteiger partial charge in [-0.3, -0.25) is 10.1 Å². The standard InChI is InChI=1S/C18H20N2O6/c21-14(11-24-15-7-5-13(6-8-15)20(22)23)9-19-10-16-12-25-17-3-1-2-4-18(17)26-16/h1-8,14,16,19,21H,9-12H2/p+1/t14-,16+/m1/s1. The molecule has 0 fully saturated rings. The molecule has 0 saturated carbocycles. The van der Waals surface area contributed by atoms with Crippen LogP contribution in [0.2, 0.25) is 0 Å². The Morgan fingerprint density at radius 3 is 2.69 bits per heavy atom. The number of fused-ring (bicyclic) bond motifs is 1. The van der Waals surface area contributed by atoms with Gasteiger partial charge in [0.05, 0.1) is 4.92 Å². The van der Waals surface area contributed by atoms with Crippen molar-refractivity contribution in [3.8, 4) is 17.2 Å². The second kappa shape index (κ2) is 8.50. The van der Waals surface area contributed by atoms with Gasteiger partial charge in [0.1, 0.15) is 38.2 Å². The first-order chi connectivity index (χ1) is 12.6. The van der Waals surface area contributed by atoms with E-state index in [0.717, 1.165) is 11.5 Å². The number of para-hydroxylation sites is 2. The van der Waals surface area contributed by atoms with E-state index in [-0.39, 0.29) is 18.4 Å². The van der Waals surface area contributed by atoms with E-state index < -0.39 is 11.0 Å². The Labute approximate surface area is 150 Å². The van der Waals surface area contributed by atoms with Crippen molar-refractivity contribution in [1.29, 1.82) is 0 Å². The molecule has 0 aromatic heterocycles. The van der Waals surface area contributed by atoms with Gasteiger partial charge in [-0.15, -0.1) is 0 Å². The quantitative estimate of drug-likeness (QED) is 0.530. The number of nitrogens with zero attached hydrogens (tertiary/aromatic N) is 1. The number of aliphatic hydroxyl groups excluding tert-OH is 1. The van der Waals surface area contributed by atoms with Crippen LogP contribution in [0.4, 0.5) is 5.69 Å². The van der Waals surface area contributed by atoms with E-state index in [4.69, 9.17) is 14.2 Å². The summed E-state index contributed by atoms with van der Waals surface area (Å²) in [4.78, 5) is 10.1. The van der Waals surface area contributed by atoms with Crippen LogP contribution >= 0.6 is 0 Å². The topological polar surface area (TPSA) is 108 Å². The van der Waals surface area contributed by atoms with Gasteiger partial charge < -0.3 is 24.6 Å². The molecule has 1 heterocycles. The number of hydrogen-bond donors (Lipinski definition) is 2. The van der Waals surface area contributed by atoms with Crippen molar-refractivity contribution in [3.05, 3.63) is 58.6 Å². The minimum Gasteiger partial charge on any atom is -0.491 e. The van der Waals surface area contributed by atoms with Crippen molar-refractivity contribution in [2.24, 2.45) is 0 Å². The Morgan fingerprint density at radius 1 is 1.23 bits per heavy atom. The molecule has 0 saturated heterocycles. The third kappa shape index (κ3) is 4.84. The third-order valence-corrected chi connectivity index (χ3v) is 3.93. The minimum absolute atomic E-state index is 0.00232. The van der Waals surface area contributed by atoms with Gasteiger partial charge in [-0.2, -0.15) is 0 Å². The summed E-state index contributed by atoms with van der Waals surface area (Å²) in [5, 5.41) is 22.6. The van der Waals surface area contributed by atoms with Crippen molar-refractivity contribution in [3.63, 3.8) is 0 Å². The molecule has 0 radical (unpaired) electrons. The van der Waals surface area contributed by atoms with E-state index in [9.17, 15) is 15.2 Å². The number of benzene rings is 2. The average molecular weight is 361 g/mol. The number of ether oxygens (including phenoxy) is 3. The zero-order chi connectivity index (χ0) is 18.4. The highest BCUT2D eigenvalue weighted by Gasteiger charge is 2.22. The molecule has 3 rings (SSSR count). The summed E-state index contributed by atoms with van der Waals surface area (Å²) in [6.45, 7) is 1.69. The average Bonchev–Trinajstić information content (AvgIpc) is 2.66. The van der Waals surface area contributed by atoms with Gasteiger partial charge in [0.15, 0.2) is 17.6 Å². The van der Waals surface area contributed by atoms with Gasteiger partial charge in [-0.05, 0) is 24.3 Å². The summed E-state index contributed by atoms with van der Waals surface area (Å²) in [6, 6.07) is 13.3. The Balaban J connectivity index is 1.35. The number of nitro groups is 1. The Bertz CT molecular complexity index is 737. The lowest BCUT2D eigenvalue weighted by Gasteiger charge is -2.25. The van der Waals surface area contributed by atoms with Crippen LogP contribution in [0, 0.1) is 10.1 Å². The van der Waals surface area contributed by atoms with Crippen LogP contribution in [0.1, 0.15) is 0 Å². The fourth-order valence-corrected chi connectivity index (χ4v) is 2.58. The van der Waals surface area contributed by atoms with Gasteiger partial charge in [-0.1, -0.05) is 12.1 Å². The number of aliphatic hydroxyl groups is 1. The van der Waals surface area contributed by atoms with E-state index in [1.54, 1.807) is 0 Å². The highest BCUT2D eigenvalue weighted by Crippen LogP contribution is 2.30. The lowest BCUT2D eigenvalue weighted by molar-refractivity contribution is -0.666. The van der Waals surface area contributed by atoms with E-state index in [1.807, 2.05) is 29.6 Å². The van der Waals surface area contributed by atoms with Crippen LogP contribution in [-0.2, 0) is 0 Å². The number of rotatable bonds is 8. The molecule has 138 valence electrons. The van der Waals surface area contributed by atoms with Crippen LogP contribution in [-0.4, -0.2) is 48.5 Å². The Kier molecular flexibility index (Phi) is 5.88. The fraction of sp³-hybridized carbons (Fsp3) is 0.333. The lowest BCUT2D eigenvalue weighted by atomic mass is 10.2. The molecular weight excluding hydrogens is 340 g/mol. The van der Waals surface area contributed by atoms with Gasteiger partial charge in [0.2, 0.25) is 0 Å². The molecule has 26 heavy (non-hydrogen) atoms. The highest BCUT2D eigenvalue weighted by molar-refractivity contribution is 5.40. The SMILES string of the molecule is O=[N+]([O-])c1ccc(OC[C@H](O)C[NH2+]C[C@H]2COc3ccccc3O2)cc1.